The lowest BCUT2D eigenvalue weighted by atomic mass is 10.1. The molecule has 0 unspecified atom stereocenters. The van der Waals surface area contributed by atoms with Crippen LogP contribution < -0.4 is 10.3 Å². The number of rotatable bonds is 4. The van der Waals surface area contributed by atoms with Gasteiger partial charge in [-0.3, -0.25) is 4.79 Å². The maximum atomic E-state index is 11.6. The molecule has 0 radical (unpaired) electrons. The molecule has 4 heteroatoms. The molecule has 0 aliphatic rings. The van der Waals surface area contributed by atoms with Gasteiger partial charge in [0, 0.05) is 11.5 Å². The van der Waals surface area contributed by atoms with E-state index < -0.39 is 0 Å². The molecule has 0 aliphatic heterocycles. The van der Waals surface area contributed by atoms with Crippen molar-refractivity contribution in [2.75, 3.05) is 0 Å². The molecule has 22 heavy (non-hydrogen) atoms. The van der Waals surface area contributed by atoms with E-state index in [1.165, 1.54) is 6.07 Å². The van der Waals surface area contributed by atoms with Crippen LogP contribution in [0.3, 0.4) is 0 Å². The van der Waals surface area contributed by atoms with Crippen LogP contribution in [0.15, 0.2) is 64.4 Å². The number of halogens is 1. The van der Waals surface area contributed by atoms with Crippen LogP contribution in [-0.4, -0.2) is 4.98 Å². The standard InChI is InChI=1S/C18H14BrNO2/c19-11-10-14-6-8-16(18-15(14)7-9-17(21)20-18)22-12-13-4-2-1-3-5-13/h1-11H,12H2,(H,20,21). The summed E-state index contributed by atoms with van der Waals surface area (Å²) in [4.78, 5) is 16.3. The van der Waals surface area contributed by atoms with Crippen molar-refractivity contribution >= 4 is 32.9 Å². The molecule has 0 amide bonds. The van der Waals surface area contributed by atoms with E-state index in [1.807, 2.05) is 54.6 Å². The predicted molar refractivity (Wildman–Crippen MR) is 93.3 cm³/mol. The fourth-order valence-electron chi connectivity index (χ4n) is 2.32. The second-order valence-electron chi connectivity index (χ2n) is 4.83. The summed E-state index contributed by atoms with van der Waals surface area (Å²) < 4.78 is 5.89. The first kappa shape index (κ1) is 14.6. The van der Waals surface area contributed by atoms with Crippen molar-refractivity contribution in [2.45, 2.75) is 6.61 Å². The largest absolute Gasteiger partial charge is 0.487 e. The van der Waals surface area contributed by atoms with Gasteiger partial charge in [0.25, 0.3) is 0 Å². The summed E-state index contributed by atoms with van der Waals surface area (Å²) in [6.07, 6.45) is 1.93. The topological polar surface area (TPSA) is 42.1 Å². The molecular weight excluding hydrogens is 342 g/mol. The lowest BCUT2D eigenvalue weighted by Crippen LogP contribution is -2.05. The first-order valence-corrected chi connectivity index (χ1v) is 7.79. The molecule has 110 valence electrons. The van der Waals surface area contributed by atoms with Crippen molar-refractivity contribution in [3.8, 4) is 5.75 Å². The maximum absolute atomic E-state index is 11.6. The van der Waals surface area contributed by atoms with Crippen LogP contribution >= 0.6 is 15.9 Å². The number of ether oxygens (including phenoxy) is 1. The van der Waals surface area contributed by atoms with E-state index in [9.17, 15) is 4.79 Å². The van der Waals surface area contributed by atoms with Gasteiger partial charge in [0.15, 0.2) is 0 Å². The van der Waals surface area contributed by atoms with Crippen LogP contribution in [0.25, 0.3) is 17.0 Å². The number of aromatic amines is 1. The van der Waals surface area contributed by atoms with Crippen molar-refractivity contribution < 1.29 is 4.74 Å². The number of fused-ring (bicyclic) bond motifs is 1. The van der Waals surface area contributed by atoms with Gasteiger partial charge in [-0.1, -0.05) is 52.3 Å². The highest BCUT2D eigenvalue weighted by Crippen LogP contribution is 2.27. The van der Waals surface area contributed by atoms with Gasteiger partial charge in [0.05, 0.1) is 5.52 Å². The average Bonchev–Trinajstić information content (AvgIpc) is 2.55. The molecule has 0 fully saturated rings. The fourth-order valence-corrected chi connectivity index (χ4v) is 2.60. The molecule has 1 heterocycles. The Kier molecular flexibility index (Phi) is 4.39. The number of aromatic nitrogens is 1. The van der Waals surface area contributed by atoms with Gasteiger partial charge in [-0.05, 0) is 34.3 Å². The Morgan fingerprint density at radius 1 is 1.05 bits per heavy atom. The highest BCUT2D eigenvalue weighted by molar-refractivity contribution is 9.11. The second kappa shape index (κ2) is 6.62. The first-order chi connectivity index (χ1) is 10.8. The molecule has 0 aliphatic carbocycles. The number of nitrogens with one attached hydrogen (secondary N) is 1. The Labute approximate surface area is 136 Å². The minimum Gasteiger partial charge on any atom is -0.487 e. The van der Waals surface area contributed by atoms with Crippen LogP contribution in [0.1, 0.15) is 11.1 Å². The highest BCUT2D eigenvalue weighted by atomic mass is 79.9. The average molecular weight is 356 g/mol. The normalized spacial score (nSPS) is 11.1. The molecule has 0 spiro atoms. The van der Waals surface area contributed by atoms with Crippen molar-refractivity contribution in [1.29, 1.82) is 0 Å². The van der Waals surface area contributed by atoms with E-state index in [0.29, 0.717) is 17.9 Å². The van der Waals surface area contributed by atoms with Crippen LogP contribution in [0, 0.1) is 0 Å². The minimum absolute atomic E-state index is 0.142. The van der Waals surface area contributed by atoms with Gasteiger partial charge < -0.3 is 9.72 Å². The summed E-state index contributed by atoms with van der Waals surface area (Å²) in [5.74, 6) is 0.670. The summed E-state index contributed by atoms with van der Waals surface area (Å²) in [5, 5.41) is 0.945. The van der Waals surface area contributed by atoms with E-state index in [1.54, 1.807) is 4.99 Å². The zero-order chi connectivity index (χ0) is 15.4. The molecule has 1 N–H and O–H groups in total. The van der Waals surface area contributed by atoms with Crippen LogP contribution in [0.4, 0.5) is 0 Å². The van der Waals surface area contributed by atoms with E-state index in [0.717, 1.165) is 16.5 Å². The lowest BCUT2D eigenvalue weighted by Gasteiger charge is -2.11. The molecule has 0 atom stereocenters. The Balaban J connectivity index is 2.01. The third-order valence-corrected chi connectivity index (χ3v) is 3.63. The quantitative estimate of drug-likeness (QED) is 0.749. The smallest absolute Gasteiger partial charge is 0.248 e. The Bertz CT molecular complexity index is 869. The van der Waals surface area contributed by atoms with Crippen LogP contribution in [0.2, 0.25) is 0 Å². The van der Waals surface area contributed by atoms with Crippen molar-refractivity contribution in [3.05, 3.63) is 81.1 Å². The summed E-state index contributed by atoms with van der Waals surface area (Å²) in [6.45, 7) is 0.459. The monoisotopic (exact) mass is 355 g/mol. The zero-order valence-corrected chi connectivity index (χ0v) is 13.3. The predicted octanol–water partition coefficient (Wildman–Crippen LogP) is 4.47. The molecule has 3 rings (SSSR count). The second-order valence-corrected chi connectivity index (χ2v) is 5.36. The molecular formula is C18H14BrNO2. The van der Waals surface area contributed by atoms with Crippen molar-refractivity contribution in [2.24, 2.45) is 0 Å². The zero-order valence-electron chi connectivity index (χ0n) is 11.8. The third kappa shape index (κ3) is 3.12. The molecule has 1 aromatic heterocycles. The number of benzene rings is 2. The molecule has 3 aromatic rings. The van der Waals surface area contributed by atoms with Gasteiger partial charge >= 0.3 is 0 Å². The Morgan fingerprint density at radius 3 is 2.64 bits per heavy atom. The van der Waals surface area contributed by atoms with E-state index >= 15 is 0 Å². The Hall–Kier alpha value is -2.33. The van der Waals surface area contributed by atoms with Gasteiger partial charge in [0.1, 0.15) is 12.4 Å². The van der Waals surface area contributed by atoms with Crippen molar-refractivity contribution in [3.63, 3.8) is 0 Å². The number of hydrogen-bond donors (Lipinski definition) is 1. The molecule has 0 saturated heterocycles. The first-order valence-electron chi connectivity index (χ1n) is 6.87. The van der Waals surface area contributed by atoms with Gasteiger partial charge in [-0.25, -0.2) is 0 Å². The van der Waals surface area contributed by atoms with Crippen LogP contribution in [0.5, 0.6) is 5.75 Å². The highest BCUT2D eigenvalue weighted by Gasteiger charge is 2.07. The van der Waals surface area contributed by atoms with E-state index in [4.69, 9.17) is 4.74 Å². The van der Waals surface area contributed by atoms with Crippen molar-refractivity contribution in [1.82, 2.24) is 4.98 Å². The lowest BCUT2D eigenvalue weighted by molar-refractivity contribution is 0.309. The third-order valence-electron chi connectivity index (χ3n) is 3.37. The number of H-pyrrole nitrogens is 1. The van der Waals surface area contributed by atoms with Crippen LogP contribution in [-0.2, 0) is 6.61 Å². The van der Waals surface area contributed by atoms with Gasteiger partial charge in [-0.15, -0.1) is 0 Å². The molecule has 3 nitrogen and oxygen atoms in total. The molecule has 0 saturated carbocycles. The number of hydrogen-bond acceptors (Lipinski definition) is 2. The molecule has 0 bridgehead atoms. The number of pyridine rings is 1. The van der Waals surface area contributed by atoms with E-state index in [2.05, 4.69) is 20.9 Å². The van der Waals surface area contributed by atoms with E-state index in [-0.39, 0.29) is 5.56 Å². The fraction of sp³-hybridized carbons (Fsp3) is 0.0556. The SMILES string of the molecule is O=c1ccc2c(C=CBr)ccc(OCc3ccccc3)c2[nH]1. The Morgan fingerprint density at radius 2 is 1.86 bits per heavy atom. The summed E-state index contributed by atoms with van der Waals surface area (Å²) >= 11 is 3.28. The maximum Gasteiger partial charge on any atom is 0.248 e. The summed E-state index contributed by atoms with van der Waals surface area (Å²) in [5.41, 5.74) is 2.66. The minimum atomic E-state index is -0.142. The van der Waals surface area contributed by atoms with Gasteiger partial charge in [-0.2, -0.15) is 0 Å². The molecule has 2 aromatic carbocycles. The van der Waals surface area contributed by atoms with Gasteiger partial charge in [0.2, 0.25) is 5.56 Å². The summed E-state index contributed by atoms with van der Waals surface area (Å²) in [7, 11) is 0. The summed E-state index contributed by atoms with van der Waals surface area (Å²) in [6, 6.07) is 17.1.